The Labute approximate surface area is 207 Å². The van der Waals surface area contributed by atoms with Crippen molar-refractivity contribution in [2.45, 2.75) is 71.9 Å². The van der Waals surface area contributed by atoms with Gasteiger partial charge in [-0.15, -0.1) is 0 Å². The van der Waals surface area contributed by atoms with Gasteiger partial charge in [0, 0.05) is 24.9 Å². The fraction of sp³-hybridized carbons (Fsp3) is 0.567. The van der Waals surface area contributed by atoms with E-state index in [0.717, 1.165) is 0 Å². The number of hydrogen-bond acceptors (Lipinski definition) is 3. The fourth-order valence-corrected chi connectivity index (χ4v) is 12.1. The van der Waals surface area contributed by atoms with Crippen molar-refractivity contribution in [2.75, 3.05) is 6.61 Å². The molecule has 2 saturated carbocycles. The lowest BCUT2D eigenvalue weighted by Gasteiger charge is -2.48. The largest absolute Gasteiger partial charge is 0.407 e. The fourth-order valence-electron chi connectivity index (χ4n) is 7.54. The van der Waals surface area contributed by atoms with Crippen molar-refractivity contribution < 1.29 is 14.3 Å². The Balaban J connectivity index is 1.78. The highest BCUT2D eigenvalue weighted by molar-refractivity contribution is 6.99. The number of benzene rings is 2. The van der Waals surface area contributed by atoms with Crippen molar-refractivity contribution in [1.29, 1.82) is 0 Å². The van der Waals surface area contributed by atoms with Gasteiger partial charge < -0.3 is 9.53 Å². The molecular weight excluding hydrogens is 436 g/mol. The summed E-state index contributed by atoms with van der Waals surface area (Å²) < 4.78 is 7.30. The molecule has 4 heteroatoms. The molecule has 0 bridgehead atoms. The maximum atomic E-state index is 13.2. The van der Waals surface area contributed by atoms with Crippen LogP contribution in [0.2, 0.25) is 5.04 Å². The van der Waals surface area contributed by atoms with Crippen molar-refractivity contribution >= 4 is 24.5 Å². The van der Waals surface area contributed by atoms with E-state index >= 15 is 0 Å². The first-order valence-corrected chi connectivity index (χ1v) is 14.7. The lowest BCUT2D eigenvalue weighted by Crippen LogP contribution is -2.67. The van der Waals surface area contributed by atoms with Crippen molar-refractivity contribution in [2.24, 2.45) is 29.1 Å². The van der Waals surface area contributed by atoms with Crippen LogP contribution in [0.4, 0.5) is 0 Å². The molecule has 2 aliphatic rings. The predicted octanol–water partition coefficient (Wildman–Crippen LogP) is 5.20. The number of fused-ring (bicyclic) bond motifs is 1. The molecule has 2 fully saturated rings. The van der Waals surface area contributed by atoms with Crippen LogP contribution in [-0.2, 0) is 9.22 Å². The maximum Gasteiger partial charge on any atom is 0.261 e. The molecule has 0 amide bonds. The molecule has 184 valence electrons. The predicted molar refractivity (Wildman–Crippen MR) is 142 cm³/mol. The van der Waals surface area contributed by atoms with Gasteiger partial charge in [-0.05, 0) is 46.0 Å². The molecule has 3 nitrogen and oxygen atoms in total. The van der Waals surface area contributed by atoms with Gasteiger partial charge in [0.1, 0.15) is 5.78 Å². The third-order valence-electron chi connectivity index (χ3n) is 8.70. The first kappa shape index (κ1) is 25.3. The Morgan fingerprint density at radius 3 is 1.94 bits per heavy atom. The molecule has 0 aliphatic heterocycles. The van der Waals surface area contributed by atoms with Gasteiger partial charge in [0.25, 0.3) is 8.32 Å². The van der Waals surface area contributed by atoms with Gasteiger partial charge in [0.15, 0.2) is 0 Å². The molecule has 0 aromatic heterocycles. The monoisotopic (exact) mass is 478 g/mol. The Bertz CT molecular complexity index is 967. The third kappa shape index (κ3) is 4.12. The number of carbonyl (C=O) groups is 1. The normalized spacial score (nSPS) is 31.4. The lowest BCUT2D eigenvalue weighted by atomic mass is 9.62. The van der Waals surface area contributed by atoms with Gasteiger partial charge in [-0.2, -0.15) is 0 Å². The lowest BCUT2D eigenvalue weighted by molar-refractivity contribution is -0.139. The summed E-state index contributed by atoms with van der Waals surface area (Å²) in [6.07, 6.45) is 1.24. The second-order valence-corrected chi connectivity index (χ2v) is 17.1. The van der Waals surface area contributed by atoms with Crippen LogP contribution in [0.15, 0.2) is 60.7 Å². The Morgan fingerprint density at radius 1 is 0.971 bits per heavy atom. The summed E-state index contributed by atoms with van der Waals surface area (Å²) in [6.45, 7) is 15.9. The van der Waals surface area contributed by atoms with E-state index in [9.17, 15) is 9.90 Å². The van der Waals surface area contributed by atoms with Crippen LogP contribution in [0.5, 0.6) is 0 Å². The summed E-state index contributed by atoms with van der Waals surface area (Å²) in [5.74, 6) is 0.471. The van der Waals surface area contributed by atoms with E-state index in [1.807, 2.05) is 6.92 Å². The molecule has 2 aromatic rings. The minimum Gasteiger partial charge on any atom is -0.407 e. The second-order valence-electron chi connectivity index (χ2n) is 12.8. The Morgan fingerprint density at radius 2 is 1.47 bits per heavy atom. The molecule has 4 rings (SSSR count). The van der Waals surface area contributed by atoms with Crippen molar-refractivity contribution in [3.63, 3.8) is 0 Å². The highest BCUT2D eigenvalue weighted by Crippen LogP contribution is 2.59. The van der Waals surface area contributed by atoms with Gasteiger partial charge >= 0.3 is 0 Å². The van der Waals surface area contributed by atoms with Crippen LogP contribution in [0.1, 0.15) is 61.3 Å². The Hall–Kier alpha value is -1.75. The number of aliphatic hydroxyl groups is 1. The SMILES string of the molecule is C[C@@H]1CC(=O)[C@@H]2[C@@H]([C@H]1CO[Si](c1ccccc1)(c1ccccc1)C(C)(C)C)[C@@](C)(O)CC2(C)C. The van der Waals surface area contributed by atoms with E-state index in [-0.39, 0.29) is 34.1 Å². The zero-order valence-electron chi connectivity index (χ0n) is 22.0. The summed E-state index contributed by atoms with van der Waals surface area (Å²) in [5.41, 5.74) is -1.06. The van der Waals surface area contributed by atoms with Crippen molar-refractivity contribution in [1.82, 2.24) is 0 Å². The van der Waals surface area contributed by atoms with Gasteiger partial charge in [-0.3, -0.25) is 4.79 Å². The highest BCUT2D eigenvalue weighted by Gasteiger charge is 2.62. The molecule has 0 saturated heterocycles. The summed E-state index contributed by atoms with van der Waals surface area (Å²) in [6, 6.07) is 21.4. The number of carbonyl (C=O) groups excluding carboxylic acids is 1. The molecule has 0 heterocycles. The molecule has 1 N–H and O–H groups in total. The van der Waals surface area contributed by atoms with Crippen LogP contribution in [0.3, 0.4) is 0 Å². The number of rotatable bonds is 5. The molecule has 0 spiro atoms. The van der Waals surface area contributed by atoms with Crippen LogP contribution >= 0.6 is 0 Å². The molecular formula is C30H42O3Si. The molecule has 5 atom stereocenters. The minimum absolute atomic E-state index is 0.0723. The van der Waals surface area contributed by atoms with E-state index in [1.165, 1.54) is 10.4 Å². The minimum atomic E-state index is -2.67. The van der Waals surface area contributed by atoms with E-state index in [1.54, 1.807) is 0 Å². The van der Waals surface area contributed by atoms with Gasteiger partial charge in [0.2, 0.25) is 0 Å². The summed E-state index contributed by atoms with van der Waals surface area (Å²) in [4.78, 5) is 13.2. The van der Waals surface area contributed by atoms with E-state index in [4.69, 9.17) is 4.43 Å². The topological polar surface area (TPSA) is 46.5 Å². The molecule has 0 unspecified atom stereocenters. The summed E-state index contributed by atoms with van der Waals surface area (Å²) in [7, 11) is -2.67. The molecule has 2 aromatic carbocycles. The zero-order valence-corrected chi connectivity index (χ0v) is 23.0. The van der Waals surface area contributed by atoms with E-state index < -0.39 is 13.9 Å². The summed E-state index contributed by atoms with van der Waals surface area (Å²) in [5, 5.41) is 14.0. The Kier molecular flexibility index (Phi) is 6.50. The zero-order chi connectivity index (χ0) is 24.9. The van der Waals surface area contributed by atoms with E-state index in [2.05, 4.69) is 102 Å². The smallest absolute Gasteiger partial charge is 0.261 e. The van der Waals surface area contributed by atoms with Crippen molar-refractivity contribution in [3.05, 3.63) is 60.7 Å². The maximum absolute atomic E-state index is 13.2. The van der Waals surface area contributed by atoms with Crippen LogP contribution in [0.25, 0.3) is 0 Å². The van der Waals surface area contributed by atoms with Gasteiger partial charge in [-0.25, -0.2) is 0 Å². The van der Waals surface area contributed by atoms with Crippen LogP contribution in [0, 0.1) is 29.1 Å². The summed E-state index contributed by atoms with van der Waals surface area (Å²) >= 11 is 0. The van der Waals surface area contributed by atoms with Gasteiger partial charge in [0.05, 0.1) is 5.60 Å². The van der Waals surface area contributed by atoms with Gasteiger partial charge in [-0.1, -0.05) is 102 Å². The first-order chi connectivity index (χ1) is 15.8. The highest BCUT2D eigenvalue weighted by atomic mass is 28.4. The standard InChI is InChI=1S/C30H42O3Si/c1-21-18-25(31)27-26(30(7,32)20-29(27,5)6)24(21)19-33-34(28(2,3)4,22-14-10-8-11-15-22)23-16-12-9-13-17-23/h8-17,21,24,26-27,32H,18-20H2,1-7H3/t21-,24+,26-,27-,30+/m1/s1. The number of ketones is 1. The van der Waals surface area contributed by atoms with Crippen LogP contribution < -0.4 is 10.4 Å². The number of Topliss-reactive ketones (excluding diaryl/α,β-unsaturated/α-hetero) is 1. The average Bonchev–Trinajstić information content (AvgIpc) is 2.95. The number of hydrogen-bond donors (Lipinski definition) is 1. The second kappa shape index (κ2) is 8.72. The average molecular weight is 479 g/mol. The first-order valence-electron chi connectivity index (χ1n) is 12.8. The van der Waals surface area contributed by atoms with E-state index in [0.29, 0.717) is 25.2 Å². The molecule has 0 radical (unpaired) electrons. The quantitative estimate of drug-likeness (QED) is 0.601. The molecule has 34 heavy (non-hydrogen) atoms. The third-order valence-corrected chi connectivity index (χ3v) is 13.7. The molecule has 2 aliphatic carbocycles. The van der Waals surface area contributed by atoms with Crippen LogP contribution in [-0.4, -0.2) is 31.4 Å². The van der Waals surface area contributed by atoms with Crippen molar-refractivity contribution in [3.8, 4) is 0 Å².